The summed E-state index contributed by atoms with van der Waals surface area (Å²) in [5.74, 6) is 0.828. The van der Waals surface area contributed by atoms with Gasteiger partial charge in [-0.2, -0.15) is 0 Å². The number of benzene rings is 3. The molecule has 1 amide bonds. The molecule has 3 aromatic carbocycles. The number of amides is 1. The fourth-order valence-corrected chi connectivity index (χ4v) is 2.98. The van der Waals surface area contributed by atoms with Gasteiger partial charge in [0.15, 0.2) is 0 Å². The van der Waals surface area contributed by atoms with E-state index in [-0.39, 0.29) is 5.91 Å². The summed E-state index contributed by atoms with van der Waals surface area (Å²) in [6.45, 7) is 2.00. The molecule has 0 atom stereocenters. The summed E-state index contributed by atoms with van der Waals surface area (Å²) in [7, 11) is 1.76. The van der Waals surface area contributed by atoms with Crippen LogP contribution in [0.25, 0.3) is 22.9 Å². The van der Waals surface area contributed by atoms with E-state index >= 15 is 0 Å². The van der Waals surface area contributed by atoms with Gasteiger partial charge in [-0.1, -0.05) is 36.4 Å². The molecule has 5 nitrogen and oxygen atoms in total. The molecule has 0 fully saturated rings. The van der Waals surface area contributed by atoms with E-state index in [1.165, 1.54) is 0 Å². The predicted molar refractivity (Wildman–Crippen MR) is 109 cm³/mol. The lowest BCUT2D eigenvalue weighted by Gasteiger charge is -2.17. The fraction of sp³-hybridized carbons (Fsp3) is 0.0870. The summed E-state index contributed by atoms with van der Waals surface area (Å²) in [5, 5.41) is 8.31. The van der Waals surface area contributed by atoms with Gasteiger partial charge in [0.2, 0.25) is 11.8 Å². The third-order valence-corrected chi connectivity index (χ3v) is 4.63. The molecule has 0 spiro atoms. The molecule has 28 heavy (non-hydrogen) atoms. The summed E-state index contributed by atoms with van der Waals surface area (Å²) in [5.41, 5.74) is 4.19. The Morgan fingerprint density at radius 2 is 1.46 bits per heavy atom. The number of hydrogen-bond acceptors (Lipinski definition) is 4. The highest BCUT2D eigenvalue weighted by Gasteiger charge is 2.15. The number of carbonyl (C=O) groups is 1. The van der Waals surface area contributed by atoms with E-state index in [1.54, 1.807) is 24.1 Å². The first kappa shape index (κ1) is 17.7. The zero-order chi connectivity index (χ0) is 19.5. The molecule has 0 unspecified atom stereocenters. The second-order valence-electron chi connectivity index (χ2n) is 6.50. The van der Waals surface area contributed by atoms with Crippen LogP contribution in [-0.4, -0.2) is 23.2 Å². The second-order valence-corrected chi connectivity index (χ2v) is 6.50. The largest absolute Gasteiger partial charge is 0.416 e. The van der Waals surface area contributed by atoms with Crippen molar-refractivity contribution in [2.45, 2.75) is 6.92 Å². The lowest BCUT2D eigenvalue weighted by molar-refractivity contribution is 0.0993. The maximum Gasteiger partial charge on any atom is 0.258 e. The van der Waals surface area contributed by atoms with Gasteiger partial charge in [0, 0.05) is 29.4 Å². The van der Waals surface area contributed by atoms with Crippen LogP contribution in [0, 0.1) is 6.92 Å². The van der Waals surface area contributed by atoms with Gasteiger partial charge in [-0.05, 0) is 55.0 Å². The number of para-hydroxylation sites is 1. The van der Waals surface area contributed by atoms with Gasteiger partial charge in [-0.25, -0.2) is 0 Å². The number of carbonyl (C=O) groups excluding carboxylic acids is 1. The zero-order valence-electron chi connectivity index (χ0n) is 15.7. The molecular formula is C23H19N3O2. The van der Waals surface area contributed by atoms with Crippen molar-refractivity contribution < 1.29 is 9.21 Å². The van der Waals surface area contributed by atoms with E-state index in [0.29, 0.717) is 17.3 Å². The van der Waals surface area contributed by atoms with E-state index < -0.39 is 0 Å². The zero-order valence-corrected chi connectivity index (χ0v) is 15.7. The van der Waals surface area contributed by atoms with Crippen molar-refractivity contribution in [1.29, 1.82) is 0 Å². The minimum atomic E-state index is -0.0797. The van der Waals surface area contributed by atoms with E-state index in [9.17, 15) is 4.79 Å². The van der Waals surface area contributed by atoms with E-state index in [1.807, 2.05) is 73.7 Å². The van der Waals surface area contributed by atoms with E-state index in [4.69, 9.17) is 4.42 Å². The Labute approximate surface area is 163 Å². The number of nitrogens with zero attached hydrogens (tertiary/aromatic N) is 3. The van der Waals surface area contributed by atoms with Crippen LogP contribution in [-0.2, 0) is 0 Å². The van der Waals surface area contributed by atoms with Crippen LogP contribution in [0.1, 0.15) is 15.9 Å². The molecule has 4 aromatic rings. The Kier molecular flexibility index (Phi) is 4.72. The van der Waals surface area contributed by atoms with E-state index in [2.05, 4.69) is 10.2 Å². The van der Waals surface area contributed by atoms with Gasteiger partial charge in [-0.3, -0.25) is 4.79 Å². The number of hydrogen-bond donors (Lipinski definition) is 0. The Hall–Kier alpha value is -3.73. The van der Waals surface area contributed by atoms with Crippen molar-refractivity contribution in [2.24, 2.45) is 0 Å². The van der Waals surface area contributed by atoms with Gasteiger partial charge in [-0.15, -0.1) is 10.2 Å². The van der Waals surface area contributed by atoms with Gasteiger partial charge >= 0.3 is 0 Å². The SMILES string of the molecule is Cc1ccccc1-c1nnc(-c2ccc(C(=O)N(C)c3ccccc3)cc2)o1. The van der Waals surface area contributed by atoms with Gasteiger partial charge in [0.1, 0.15) is 0 Å². The summed E-state index contributed by atoms with van der Waals surface area (Å²) in [4.78, 5) is 14.3. The van der Waals surface area contributed by atoms with Crippen molar-refractivity contribution in [3.8, 4) is 22.9 Å². The van der Waals surface area contributed by atoms with Crippen molar-refractivity contribution in [3.63, 3.8) is 0 Å². The molecule has 138 valence electrons. The van der Waals surface area contributed by atoms with Crippen molar-refractivity contribution >= 4 is 11.6 Å². The Bertz CT molecular complexity index is 1100. The average molecular weight is 369 g/mol. The monoisotopic (exact) mass is 369 g/mol. The van der Waals surface area contributed by atoms with Crippen LogP contribution >= 0.6 is 0 Å². The summed E-state index contributed by atoms with van der Waals surface area (Å²) in [6, 6.07) is 24.6. The van der Waals surface area contributed by atoms with Crippen molar-refractivity contribution in [1.82, 2.24) is 10.2 Å². The van der Waals surface area contributed by atoms with Gasteiger partial charge < -0.3 is 9.32 Å². The molecule has 1 aromatic heterocycles. The standard InChI is InChI=1S/C23H19N3O2/c1-16-8-6-7-11-20(16)22-25-24-21(28-22)17-12-14-18(15-13-17)23(27)26(2)19-9-4-3-5-10-19/h3-15H,1-2H3. The lowest BCUT2D eigenvalue weighted by Crippen LogP contribution is -2.25. The van der Waals surface area contributed by atoms with Crippen LogP contribution in [0.3, 0.4) is 0 Å². The lowest BCUT2D eigenvalue weighted by atomic mass is 10.1. The maximum absolute atomic E-state index is 12.7. The topological polar surface area (TPSA) is 59.2 Å². The first-order valence-electron chi connectivity index (χ1n) is 8.96. The highest BCUT2D eigenvalue weighted by molar-refractivity contribution is 6.05. The minimum absolute atomic E-state index is 0.0797. The molecule has 0 N–H and O–H groups in total. The number of aryl methyl sites for hydroxylation is 1. The van der Waals surface area contributed by atoms with Gasteiger partial charge in [0.25, 0.3) is 5.91 Å². The van der Waals surface area contributed by atoms with Crippen LogP contribution in [0.5, 0.6) is 0 Å². The molecule has 5 heteroatoms. The molecule has 1 heterocycles. The Balaban J connectivity index is 1.56. The normalized spacial score (nSPS) is 10.6. The molecule has 0 aliphatic rings. The highest BCUT2D eigenvalue weighted by Crippen LogP contribution is 2.26. The van der Waals surface area contributed by atoms with Crippen LogP contribution < -0.4 is 4.90 Å². The predicted octanol–water partition coefficient (Wildman–Crippen LogP) is 4.99. The molecule has 0 radical (unpaired) electrons. The first-order chi connectivity index (χ1) is 13.6. The molecule has 0 aliphatic carbocycles. The van der Waals surface area contributed by atoms with Gasteiger partial charge in [0.05, 0.1) is 0 Å². The van der Waals surface area contributed by atoms with Crippen LogP contribution in [0.15, 0.2) is 83.3 Å². The quantitative estimate of drug-likeness (QED) is 0.508. The van der Waals surface area contributed by atoms with Crippen molar-refractivity contribution in [2.75, 3.05) is 11.9 Å². The van der Waals surface area contributed by atoms with E-state index in [0.717, 1.165) is 22.4 Å². The molecule has 0 saturated heterocycles. The average Bonchev–Trinajstić information content (AvgIpc) is 3.24. The smallest absolute Gasteiger partial charge is 0.258 e. The number of rotatable bonds is 4. The van der Waals surface area contributed by atoms with Crippen molar-refractivity contribution in [3.05, 3.63) is 90.0 Å². The first-order valence-corrected chi connectivity index (χ1v) is 8.96. The molecular weight excluding hydrogens is 350 g/mol. The third kappa shape index (κ3) is 3.42. The molecule has 0 saturated carbocycles. The third-order valence-electron chi connectivity index (χ3n) is 4.63. The second kappa shape index (κ2) is 7.48. The molecule has 4 rings (SSSR count). The number of anilines is 1. The summed E-state index contributed by atoms with van der Waals surface area (Å²) < 4.78 is 5.84. The Morgan fingerprint density at radius 1 is 0.821 bits per heavy atom. The van der Waals surface area contributed by atoms with Crippen LogP contribution in [0.4, 0.5) is 5.69 Å². The van der Waals surface area contributed by atoms with Crippen LogP contribution in [0.2, 0.25) is 0 Å². The molecule has 0 aliphatic heterocycles. The Morgan fingerprint density at radius 3 is 2.18 bits per heavy atom. The summed E-state index contributed by atoms with van der Waals surface area (Å²) in [6.07, 6.45) is 0. The maximum atomic E-state index is 12.7. The fourth-order valence-electron chi connectivity index (χ4n) is 2.98. The molecule has 0 bridgehead atoms. The minimum Gasteiger partial charge on any atom is -0.416 e. The highest BCUT2D eigenvalue weighted by atomic mass is 16.4. The number of aromatic nitrogens is 2. The summed E-state index contributed by atoms with van der Waals surface area (Å²) >= 11 is 0.